The van der Waals surface area contributed by atoms with Gasteiger partial charge in [-0.2, -0.15) is 5.10 Å². The number of anilines is 1. The van der Waals surface area contributed by atoms with Gasteiger partial charge in [0.1, 0.15) is 0 Å². The van der Waals surface area contributed by atoms with Crippen LogP contribution in [0.25, 0.3) is 11.0 Å². The van der Waals surface area contributed by atoms with Gasteiger partial charge in [0, 0.05) is 43.4 Å². The molecule has 0 aliphatic carbocycles. The van der Waals surface area contributed by atoms with Gasteiger partial charge in [0.2, 0.25) is 5.91 Å². The molecule has 2 aliphatic rings. The summed E-state index contributed by atoms with van der Waals surface area (Å²) in [5, 5.41) is 9.19. The van der Waals surface area contributed by atoms with E-state index in [9.17, 15) is 9.18 Å². The molecule has 0 spiro atoms. The molecule has 122 valence electrons. The van der Waals surface area contributed by atoms with Crippen LogP contribution in [0.4, 0.5) is 10.2 Å². The highest BCUT2D eigenvalue weighted by Gasteiger charge is 2.36. The molecule has 4 heterocycles. The van der Waals surface area contributed by atoms with Crippen molar-refractivity contribution in [3.8, 4) is 0 Å². The Kier molecular flexibility index (Phi) is 3.63. The summed E-state index contributed by atoms with van der Waals surface area (Å²) >= 11 is 0. The lowest BCUT2D eigenvalue weighted by Gasteiger charge is -2.37. The van der Waals surface area contributed by atoms with Crippen molar-refractivity contribution in [2.75, 3.05) is 31.2 Å². The van der Waals surface area contributed by atoms with Crippen molar-refractivity contribution in [2.24, 2.45) is 5.92 Å². The molecule has 2 aromatic heterocycles. The van der Waals surface area contributed by atoms with E-state index in [2.05, 4.69) is 15.1 Å². The molecule has 0 saturated carbocycles. The van der Waals surface area contributed by atoms with E-state index in [1.54, 1.807) is 12.5 Å². The molecule has 2 aromatic rings. The van der Waals surface area contributed by atoms with Gasteiger partial charge in [-0.3, -0.25) is 9.18 Å². The highest BCUT2D eigenvalue weighted by atomic mass is 19.1. The maximum Gasteiger partial charge on any atom is 0.223 e. The molecule has 0 N–H and O–H groups in total. The molecule has 0 bridgehead atoms. The Hall–Kier alpha value is -2.18. The third kappa shape index (κ3) is 2.54. The van der Waals surface area contributed by atoms with Gasteiger partial charge in [0.15, 0.2) is 11.4 Å². The molecule has 1 amide bonds. The van der Waals surface area contributed by atoms with Crippen LogP contribution in [0.15, 0.2) is 22.9 Å². The number of hydrogen-bond acceptors (Lipinski definition) is 5. The molecule has 0 aromatic carbocycles. The summed E-state index contributed by atoms with van der Waals surface area (Å²) < 4.78 is 18.3. The molecule has 0 radical (unpaired) electrons. The van der Waals surface area contributed by atoms with Crippen LogP contribution in [0.3, 0.4) is 0 Å². The quantitative estimate of drug-likeness (QED) is 0.866. The molecule has 2 saturated heterocycles. The minimum atomic E-state index is -0.406. The van der Waals surface area contributed by atoms with Gasteiger partial charge in [-0.05, 0) is 18.9 Å². The first-order chi connectivity index (χ1) is 11.3. The van der Waals surface area contributed by atoms with Crippen LogP contribution < -0.4 is 4.90 Å². The molecule has 2 aliphatic heterocycles. The average molecular weight is 318 g/mol. The molecular weight excluding hydrogens is 299 g/mol. The van der Waals surface area contributed by atoms with Gasteiger partial charge in [-0.1, -0.05) is 0 Å². The first-order valence-corrected chi connectivity index (χ1v) is 8.05. The summed E-state index contributed by atoms with van der Waals surface area (Å²) in [7, 11) is 0. The number of aromatic nitrogens is 2. The largest absolute Gasteiger partial charge is 0.460 e. The van der Waals surface area contributed by atoms with Crippen LogP contribution in [-0.2, 0) is 4.79 Å². The highest BCUT2D eigenvalue weighted by Crippen LogP contribution is 2.30. The maximum absolute atomic E-state index is 12.8. The Balaban J connectivity index is 1.45. The predicted molar refractivity (Wildman–Crippen MR) is 82.8 cm³/mol. The Morgan fingerprint density at radius 2 is 2.17 bits per heavy atom. The van der Waals surface area contributed by atoms with Crippen molar-refractivity contribution in [1.82, 2.24) is 15.1 Å². The first kappa shape index (κ1) is 14.4. The van der Waals surface area contributed by atoms with Gasteiger partial charge in [0.25, 0.3) is 0 Å². The Morgan fingerprint density at radius 3 is 2.91 bits per heavy atom. The number of carbonyl (C=O) groups is 1. The third-order valence-corrected chi connectivity index (χ3v) is 4.91. The van der Waals surface area contributed by atoms with E-state index < -0.39 is 6.67 Å². The number of furan rings is 1. The fourth-order valence-electron chi connectivity index (χ4n) is 3.65. The number of likely N-dealkylation sites (tertiary alicyclic amines) is 1. The highest BCUT2D eigenvalue weighted by molar-refractivity contribution is 5.86. The number of nitrogens with zero attached hydrogens (tertiary/aromatic N) is 4. The Bertz CT molecular complexity index is 711. The van der Waals surface area contributed by atoms with E-state index in [0.717, 1.165) is 42.7 Å². The first-order valence-electron chi connectivity index (χ1n) is 8.05. The van der Waals surface area contributed by atoms with Crippen LogP contribution in [0.2, 0.25) is 0 Å². The SMILES string of the molecule is O=C1CC(CF)CN1C1CCN(c2nncc3ccoc23)CC1. The third-order valence-electron chi connectivity index (χ3n) is 4.91. The van der Waals surface area contributed by atoms with Crippen LogP contribution in [0.1, 0.15) is 19.3 Å². The van der Waals surface area contributed by atoms with E-state index in [-0.39, 0.29) is 17.9 Å². The zero-order chi connectivity index (χ0) is 15.8. The van der Waals surface area contributed by atoms with Crippen LogP contribution in [0.5, 0.6) is 0 Å². The number of hydrogen-bond donors (Lipinski definition) is 0. The van der Waals surface area contributed by atoms with Crippen molar-refractivity contribution in [1.29, 1.82) is 0 Å². The summed E-state index contributed by atoms with van der Waals surface area (Å²) in [6, 6.07) is 2.08. The summed E-state index contributed by atoms with van der Waals surface area (Å²) in [6.07, 6.45) is 5.42. The van der Waals surface area contributed by atoms with E-state index >= 15 is 0 Å². The van der Waals surface area contributed by atoms with Crippen molar-refractivity contribution in [3.63, 3.8) is 0 Å². The predicted octanol–water partition coefficient (Wildman–Crippen LogP) is 2.01. The molecule has 4 rings (SSSR count). The lowest BCUT2D eigenvalue weighted by atomic mass is 10.0. The zero-order valence-corrected chi connectivity index (χ0v) is 12.8. The Labute approximate surface area is 133 Å². The van der Waals surface area contributed by atoms with Gasteiger partial charge < -0.3 is 14.2 Å². The second-order valence-electron chi connectivity index (χ2n) is 6.36. The molecule has 1 unspecified atom stereocenters. The summed E-state index contributed by atoms with van der Waals surface area (Å²) in [6.45, 7) is 1.75. The summed E-state index contributed by atoms with van der Waals surface area (Å²) in [4.78, 5) is 16.1. The number of halogens is 1. The lowest BCUT2D eigenvalue weighted by Crippen LogP contribution is -2.46. The van der Waals surface area contributed by atoms with Gasteiger partial charge in [-0.25, -0.2) is 0 Å². The average Bonchev–Trinajstić information content (AvgIpc) is 3.21. The van der Waals surface area contributed by atoms with E-state index in [1.165, 1.54) is 0 Å². The van der Waals surface area contributed by atoms with Crippen LogP contribution in [-0.4, -0.2) is 53.4 Å². The molecule has 7 heteroatoms. The summed E-state index contributed by atoms with van der Waals surface area (Å²) in [5.41, 5.74) is 0.758. The molecular formula is C16H19FN4O2. The normalized spacial score (nSPS) is 23.2. The number of amides is 1. The van der Waals surface area contributed by atoms with Gasteiger partial charge >= 0.3 is 0 Å². The topological polar surface area (TPSA) is 62.5 Å². The molecule has 2 fully saturated rings. The summed E-state index contributed by atoms with van der Waals surface area (Å²) in [5.74, 6) is 0.739. The number of alkyl halides is 1. The zero-order valence-electron chi connectivity index (χ0n) is 12.8. The number of fused-ring (bicyclic) bond motifs is 1. The minimum absolute atomic E-state index is 0.0963. The van der Waals surface area contributed by atoms with E-state index in [0.29, 0.717) is 13.0 Å². The number of piperidine rings is 1. The molecule has 6 nitrogen and oxygen atoms in total. The van der Waals surface area contributed by atoms with Crippen LogP contribution in [0, 0.1) is 5.92 Å². The second-order valence-corrected chi connectivity index (χ2v) is 6.36. The lowest BCUT2D eigenvalue weighted by molar-refractivity contribution is -0.130. The van der Waals surface area contributed by atoms with Crippen molar-refractivity contribution in [2.45, 2.75) is 25.3 Å². The van der Waals surface area contributed by atoms with E-state index in [4.69, 9.17) is 4.42 Å². The van der Waals surface area contributed by atoms with Gasteiger partial charge in [0.05, 0.1) is 19.1 Å². The monoisotopic (exact) mass is 318 g/mol. The Morgan fingerprint density at radius 1 is 1.35 bits per heavy atom. The van der Waals surface area contributed by atoms with Crippen molar-refractivity contribution < 1.29 is 13.6 Å². The van der Waals surface area contributed by atoms with Gasteiger partial charge in [-0.15, -0.1) is 5.10 Å². The van der Waals surface area contributed by atoms with E-state index in [1.807, 2.05) is 11.0 Å². The smallest absolute Gasteiger partial charge is 0.223 e. The standard InChI is InChI=1S/C16H19FN4O2/c17-8-11-7-14(22)21(10-11)13-1-4-20(5-2-13)16-15-12(3-6-23-15)9-18-19-16/h3,6,9,11,13H,1-2,4-5,7-8,10H2. The fraction of sp³-hybridized carbons (Fsp3) is 0.562. The molecule has 23 heavy (non-hydrogen) atoms. The number of carbonyl (C=O) groups excluding carboxylic acids is 1. The number of rotatable bonds is 3. The minimum Gasteiger partial charge on any atom is -0.460 e. The second kappa shape index (κ2) is 5.79. The molecule has 1 atom stereocenters. The van der Waals surface area contributed by atoms with Crippen LogP contribution >= 0.6 is 0 Å². The maximum atomic E-state index is 12.8. The fourth-order valence-corrected chi connectivity index (χ4v) is 3.65. The van der Waals surface area contributed by atoms with Crippen molar-refractivity contribution in [3.05, 3.63) is 18.5 Å². The van der Waals surface area contributed by atoms with Crippen molar-refractivity contribution >= 4 is 22.7 Å².